The van der Waals surface area contributed by atoms with Gasteiger partial charge in [-0.3, -0.25) is 24.3 Å². The number of hydrogen-bond donors (Lipinski definition) is 1. The highest BCUT2D eigenvalue weighted by Gasteiger charge is 2.15. The Labute approximate surface area is 139 Å². The predicted molar refractivity (Wildman–Crippen MR) is 91.4 cm³/mol. The van der Waals surface area contributed by atoms with Crippen LogP contribution in [-0.2, 0) is 11.3 Å². The number of rotatable bonds is 4. The van der Waals surface area contributed by atoms with Crippen molar-refractivity contribution in [1.82, 2.24) is 4.57 Å². The van der Waals surface area contributed by atoms with E-state index in [4.69, 9.17) is 0 Å². The molecule has 0 saturated heterocycles. The average Bonchev–Trinajstić information content (AvgIpc) is 2.45. The monoisotopic (exact) mass is 329 g/mol. The van der Waals surface area contributed by atoms with Gasteiger partial charge in [0.15, 0.2) is 0 Å². The van der Waals surface area contributed by atoms with Crippen LogP contribution in [0.15, 0.2) is 29.2 Å². The maximum absolute atomic E-state index is 12.2. The van der Waals surface area contributed by atoms with E-state index in [0.29, 0.717) is 5.69 Å². The molecule has 0 unspecified atom stereocenters. The van der Waals surface area contributed by atoms with E-state index in [1.807, 2.05) is 32.9 Å². The highest BCUT2D eigenvalue weighted by atomic mass is 16.6. The van der Waals surface area contributed by atoms with Crippen molar-refractivity contribution >= 4 is 17.3 Å². The highest BCUT2D eigenvalue weighted by Crippen LogP contribution is 2.22. The summed E-state index contributed by atoms with van der Waals surface area (Å²) in [7, 11) is 0. The van der Waals surface area contributed by atoms with Crippen LogP contribution in [0, 0.1) is 37.8 Å². The molecule has 24 heavy (non-hydrogen) atoms. The molecule has 1 aromatic carbocycles. The summed E-state index contributed by atoms with van der Waals surface area (Å²) in [5.74, 6) is -0.412. The van der Waals surface area contributed by atoms with Crippen LogP contribution in [0.2, 0.25) is 0 Å². The second kappa shape index (κ2) is 6.66. The molecule has 0 saturated carbocycles. The first kappa shape index (κ1) is 17.4. The van der Waals surface area contributed by atoms with Crippen LogP contribution in [-0.4, -0.2) is 15.4 Å². The molecule has 0 aliphatic rings. The molecule has 1 heterocycles. The molecule has 2 aromatic rings. The SMILES string of the molecule is Cc1cc(C)c(NC(=O)Cn2cc([N+](=O)[O-])c(C)cc2=O)c(C)c1. The van der Waals surface area contributed by atoms with Gasteiger partial charge in [0.2, 0.25) is 5.91 Å². The van der Waals surface area contributed by atoms with Crippen molar-refractivity contribution in [1.29, 1.82) is 0 Å². The number of aryl methyl sites for hydroxylation is 4. The number of hydrogen-bond acceptors (Lipinski definition) is 4. The van der Waals surface area contributed by atoms with Gasteiger partial charge in [-0.25, -0.2) is 0 Å². The molecule has 1 amide bonds. The maximum atomic E-state index is 12.2. The van der Waals surface area contributed by atoms with Gasteiger partial charge in [-0.1, -0.05) is 17.7 Å². The molecule has 2 rings (SSSR count). The molecule has 0 spiro atoms. The van der Waals surface area contributed by atoms with Crippen LogP contribution < -0.4 is 10.9 Å². The Bertz CT molecular complexity index is 861. The summed E-state index contributed by atoms with van der Waals surface area (Å²) >= 11 is 0. The number of nitro groups is 1. The fraction of sp³-hybridized carbons (Fsp3) is 0.294. The third kappa shape index (κ3) is 3.68. The summed E-state index contributed by atoms with van der Waals surface area (Å²) in [6.45, 7) is 6.95. The molecule has 0 atom stereocenters. The standard InChI is InChI=1S/C17H19N3O4/c1-10-5-12(3)17(13(4)6-10)18-15(21)9-19-8-14(20(23)24)11(2)7-16(19)22/h5-8H,9H2,1-4H3,(H,18,21). The number of anilines is 1. The molecule has 126 valence electrons. The van der Waals surface area contributed by atoms with Crippen molar-refractivity contribution in [3.63, 3.8) is 0 Å². The lowest BCUT2D eigenvalue weighted by molar-refractivity contribution is -0.385. The van der Waals surface area contributed by atoms with Gasteiger partial charge in [-0.05, 0) is 38.8 Å². The first-order valence-corrected chi connectivity index (χ1v) is 7.42. The van der Waals surface area contributed by atoms with E-state index < -0.39 is 16.4 Å². The minimum Gasteiger partial charge on any atom is -0.324 e. The second-order valence-electron chi connectivity index (χ2n) is 5.89. The van der Waals surface area contributed by atoms with Crippen LogP contribution in [0.4, 0.5) is 11.4 Å². The minimum absolute atomic E-state index is 0.190. The third-order valence-corrected chi connectivity index (χ3v) is 3.76. The first-order valence-electron chi connectivity index (χ1n) is 7.42. The molecule has 0 fully saturated rings. The lowest BCUT2D eigenvalue weighted by Crippen LogP contribution is -2.28. The van der Waals surface area contributed by atoms with E-state index in [9.17, 15) is 19.7 Å². The molecule has 7 heteroatoms. The molecule has 0 bridgehead atoms. The zero-order valence-corrected chi connectivity index (χ0v) is 14.0. The van der Waals surface area contributed by atoms with Crippen LogP contribution in [0.5, 0.6) is 0 Å². The Morgan fingerprint density at radius 1 is 1.12 bits per heavy atom. The summed E-state index contributed by atoms with van der Waals surface area (Å²) in [6.07, 6.45) is 1.10. The van der Waals surface area contributed by atoms with Crippen LogP contribution in [0.3, 0.4) is 0 Å². The van der Waals surface area contributed by atoms with Gasteiger partial charge in [0.05, 0.1) is 11.1 Å². The van der Waals surface area contributed by atoms with Gasteiger partial charge in [0, 0.05) is 17.3 Å². The molecule has 0 aliphatic carbocycles. The number of carbonyl (C=O) groups excluding carboxylic acids is 1. The van der Waals surface area contributed by atoms with Crippen LogP contribution in [0.25, 0.3) is 0 Å². The van der Waals surface area contributed by atoms with Crippen molar-refractivity contribution in [2.24, 2.45) is 0 Å². The average molecular weight is 329 g/mol. The quantitative estimate of drug-likeness (QED) is 0.689. The van der Waals surface area contributed by atoms with Crippen molar-refractivity contribution in [3.05, 3.63) is 67.1 Å². The summed E-state index contributed by atoms with van der Waals surface area (Å²) in [4.78, 5) is 34.6. The second-order valence-corrected chi connectivity index (χ2v) is 5.89. The summed E-state index contributed by atoms with van der Waals surface area (Å²) in [6, 6.07) is 5.06. The number of nitrogens with one attached hydrogen (secondary N) is 1. The largest absolute Gasteiger partial charge is 0.324 e. The molecule has 1 N–H and O–H groups in total. The lowest BCUT2D eigenvalue weighted by Gasteiger charge is -2.13. The summed E-state index contributed by atoms with van der Waals surface area (Å²) < 4.78 is 1.04. The summed E-state index contributed by atoms with van der Waals surface area (Å²) in [5.41, 5.74) is 3.25. The number of nitrogens with zero attached hydrogens (tertiary/aromatic N) is 2. The molecular weight excluding hydrogens is 310 g/mol. The fourth-order valence-corrected chi connectivity index (χ4v) is 2.68. The minimum atomic E-state index is -0.572. The van der Waals surface area contributed by atoms with Crippen LogP contribution in [0.1, 0.15) is 22.3 Å². The van der Waals surface area contributed by atoms with Crippen molar-refractivity contribution < 1.29 is 9.72 Å². The molecule has 7 nitrogen and oxygen atoms in total. The highest BCUT2D eigenvalue weighted by molar-refractivity contribution is 5.92. The van der Waals surface area contributed by atoms with Gasteiger partial charge < -0.3 is 5.32 Å². The van der Waals surface area contributed by atoms with Gasteiger partial charge >= 0.3 is 0 Å². The first-order chi connectivity index (χ1) is 11.2. The van der Waals surface area contributed by atoms with Crippen LogP contribution >= 0.6 is 0 Å². The van der Waals surface area contributed by atoms with Gasteiger partial charge in [0.1, 0.15) is 6.54 Å². The number of benzene rings is 1. The Morgan fingerprint density at radius 3 is 2.25 bits per heavy atom. The molecule has 1 aromatic heterocycles. The zero-order chi connectivity index (χ0) is 18.0. The Kier molecular flexibility index (Phi) is 4.82. The number of amides is 1. The van der Waals surface area contributed by atoms with E-state index in [1.165, 1.54) is 6.92 Å². The normalized spacial score (nSPS) is 10.5. The van der Waals surface area contributed by atoms with E-state index in [1.54, 1.807) is 0 Å². The van der Waals surface area contributed by atoms with E-state index in [2.05, 4.69) is 5.32 Å². The zero-order valence-electron chi connectivity index (χ0n) is 14.0. The Hall–Kier alpha value is -2.96. The maximum Gasteiger partial charge on any atom is 0.288 e. The smallest absolute Gasteiger partial charge is 0.288 e. The van der Waals surface area contributed by atoms with Crippen molar-refractivity contribution in [2.75, 3.05) is 5.32 Å². The fourth-order valence-electron chi connectivity index (χ4n) is 2.68. The molecule has 0 radical (unpaired) electrons. The number of pyridine rings is 1. The van der Waals surface area contributed by atoms with Crippen molar-refractivity contribution in [3.8, 4) is 0 Å². The van der Waals surface area contributed by atoms with Crippen molar-refractivity contribution in [2.45, 2.75) is 34.2 Å². The summed E-state index contributed by atoms with van der Waals surface area (Å²) in [5, 5.41) is 13.7. The topological polar surface area (TPSA) is 94.2 Å². The molecule has 0 aliphatic heterocycles. The third-order valence-electron chi connectivity index (χ3n) is 3.76. The number of carbonyl (C=O) groups is 1. The van der Waals surface area contributed by atoms with Gasteiger partial charge in [-0.2, -0.15) is 0 Å². The van der Waals surface area contributed by atoms with E-state index >= 15 is 0 Å². The lowest BCUT2D eigenvalue weighted by atomic mass is 10.1. The molecular formula is C17H19N3O4. The van der Waals surface area contributed by atoms with E-state index in [0.717, 1.165) is 33.5 Å². The number of aromatic nitrogens is 1. The Balaban J connectivity index is 2.27. The Morgan fingerprint density at radius 2 is 1.71 bits per heavy atom. The van der Waals surface area contributed by atoms with Gasteiger partial charge in [-0.15, -0.1) is 0 Å². The van der Waals surface area contributed by atoms with Gasteiger partial charge in [0.25, 0.3) is 11.2 Å². The predicted octanol–water partition coefficient (Wildman–Crippen LogP) is 2.63. The van der Waals surface area contributed by atoms with E-state index in [-0.39, 0.29) is 17.8 Å².